The molecule has 0 radical (unpaired) electrons. The van der Waals surface area contributed by atoms with Gasteiger partial charge in [-0.25, -0.2) is 8.78 Å². The molecule has 1 heterocycles. The molecule has 0 spiro atoms. The van der Waals surface area contributed by atoms with Crippen LogP contribution in [0.4, 0.5) is 8.78 Å². The fourth-order valence-electron chi connectivity index (χ4n) is 2.22. The summed E-state index contributed by atoms with van der Waals surface area (Å²) < 4.78 is 32.2. The molecule has 0 bridgehead atoms. The molecule has 0 aromatic heterocycles. The summed E-state index contributed by atoms with van der Waals surface area (Å²) in [5.41, 5.74) is 0.447. The van der Waals surface area contributed by atoms with Crippen LogP contribution in [0.15, 0.2) is 12.1 Å². The smallest absolute Gasteiger partial charge is 0.134 e. The summed E-state index contributed by atoms with van der Waals surface area (Å²) in [6.45, 7) is 2.04. The lowest BCUT2D eigenvalue weighted by Crippen LogP contribution is -2.28. The molecule has 0 saturated heterocycles. The van der Waals surface area contributed by atoms with Crippen molar-refractivity contribution in [1.82, 2.24) is 5.32 Å². The summed E-state index contributed by atoms with van der Waals surface area (Å²) >= 11 is 0. The van der Waals surface area contributed by atoms with Crippen molar-refractivity contribution in [3.8, 4) is 5.75 Å². The number of halogens is 2. The number of hydrogen-bond donors (Lipinski definition) is 1. The molecule has 0 amide bonds. The second-order valence-electron chi connectivity index (χ2n) is 4.01. The van der Waals surface area contributed by atoms with Gasteiger partial charge in [-0.3, -0.25) is 0 Å². The number of fused-ring (bicyclic) bond motifs is 1. The van der Waals surface area contributed by atoms with E-state index in [4.69, 9.17) is 4.74 Å². The molecule has 2 unspecified atom stereocenters. The molecule has 1 N–H and O–H groups in total. The third-order valence-electron chi connectivity index (χ3n) is 2.90. The van der Waals surface area contributed by atoms with Crippen molar-refractivity contribution in [2.24, 2.45) is 0 Å². The second kappa shape index (κ2) is 4.37. The van der Waals surface area contributed by atoms with Gasteiger partial charge in [0.1, 0.15) is 23.5 Å². The minimum atomic E-state index is -0.594. The fraction of sp³-hybridized carbons (Fsp3) is 0.500. The minimum Gasteiger partial charge on any atom is -0.488 e. The van der Waals surface area contributed by atoms with Crippen LogP contribution < -0.4 is 10.1 Å². The highest BCUT2D eigenvalue weighted by Crippen LogP contribution is 2.40. The molecule has 1 aliphatic rings. The average molecular weight is 227 g/mol. The Hall–Kier alpha value is -1.16. The van der Waals surface area contributed by atoms with E-state index in [1.807, 2.05) is 6.92 Å². The maximum Gasteiger partial charge on any atom is 0.134 e. The molecular formula is C12H15F2NO. The van der Waals surface area contributed by atoms with Gasteiger partial charge in [-0.2, -0.15) is 0 Å². The van der Waals surface area contributed by atoms with Gasteiger partial charge in [0.15, 0.2) is 0 Å². The van der Waals surface area contributed by atoms with Crippen LogP contribution in [-0.4, -0.2) is 13.2 Å². The van der Waals surface area contributed by atoms with E-state index in [-0.39, 0.29) is 12.1 Å². The Kier molecular flexibility index (Phi) is 3.10. The van der Waals surface area contributed by atoms with Crippen molar-refractivity contribution in [2.75, 3.05) is 7.05 Å². The first kappa shape index (κ1) is 11.3. The van der Waals surface area contributed by atoms with Gasteiger partial charge in [0.25, 0.3) is 0 Å². The van der Waals surface area contributed by atoms with Crippen LogP contribution in [0.1, 0.15) is 31.4 Å². The van der Waals surface area contributed by atoms with Crippen LogP contribution in [0, 0.1) is 11.6 Å². The molecule has 1 aromatic rings. The first-order valence-electron chi connectivity index (χ1n) is 5.50. The number of hydrogen-bond acceptors (Lipinski definition) is 2. The maximum absolute atomic E-state index is 13.6. The molecule has 0 aliphatic carbocycles. The van der Waals surface area contributed by atoms with Crippen LogP contribution in [0.2, 0.25) is 0 Å². The Labute approximate surface area is 93.6 Å². The molecular weight excluding hydrogens is 212 g/mol. The highest BCUT2D eigenvalue weighted by atomic mass is 19.1. The standard InChI is InChI=1S/C12H15F2NO/c1-3-4-9-12(15-2)11-8(14)5-7(13)6-10(11)16-9/h5-6,9,12,15H,3-4H2,1-2H3. The summed E-state index contributed by atoms with van der Waals surface area (Å²) in [7, 11) is 1.76. The molecule has 0 saturated carbocycles. The number of ether oxygens (including phenoxy) is 1. The van der Waals surface area contributed by atoms with E-state index in [0.717, 1.165) is 18.9 Å². The van der Waals surface area contributed by atoms with E-state index >= 15 is 0 Å². The summed E-state index contributed by atoms with van der Waals surface area (Å²) in [4.78, 5) is 0. The summed E-state index contributed by atoms with van der Waals surface area (Å²) in [5.74, 6) is -0.800. The summed E-state index contributed by atoms with van der Waals surface area (Å²) in [5, 5.41) is 3.03. The van der Waals surface area contributed by atoms with Gasteiger partial charge in [-0.05, 0) is 13.5 Å². The topological polar surface area (TPSA) is 21.3 Å². The van der Waals surface area contributed by atoms with Gasteiger partial charge in [-0.1, -0.05) is 13.3 Å². The fourth-order valence-corrected chi connectivity index (χ4v) is 2.22. The number of benzene rings is 1. The Morgan fingerprint density at radius 1 is 1.38 bits per heavy atom. The van der Waals surface area contributed by atoms with Crippen LogP contribution in [0.5, 0.6) is 5.75 Å². The van der Waals surface area contributed by atoms with E-state index in [2.05, 4.69) is 5.32 Å². The zero-order chi connectivity index (χ0) is 11.7. The van der Waals surface area contributed by atoms with Crippen molar-refractivity contribution in [1.29, 1.82) is 0 Å². The lowest BCUT2D eigenvalue weighted by Gasteiger charge is -2.17. The highest BCUT2D eigenvalue weighted by molar-refractivity contribution is 5.42. The quantitative estimate of drug-likeness (QED) is 0.857. The molecule has 0 fully saturated rings. The zero-order valence-electron chi connectivity index (χ0n) is 9.39. The number of nitrogens with one attached hydrogen (secondary N) is 1. The van der Waals surface area contributed by atoms with Gasteiger partial charge in [-0.15, -0.1) is 0 Å². The Balaban J connectivity index is 2.38. The Morgan fingerprint density at radius 3 is 2.75 bits per heavy atom. The predicted octanol–water partition coefficient (Wildman–Crippen LogP) is 2.79. The molecule has 2 nitrogen and oxygen atoms in total. The van der Waals surface area contributed by atoms with Crippen LogP contribution in [-0.2, 0) is 0 Å². The average Bonchev–Trinajstić information content (AvgIpc) is 2.56. The minimum absolute atomic E-state index is 0.110. The van der Waals surface area contributed by atoms with E-state index in [1.54, 1.807) is 7.05 Å². The van der Waals surface area contributed by atoms with Crippen molar-refractivity contribution < 1.29 is 13.5 Å². The van der Waals surface area contributed by atoms with Crippen molar-refractivity contribution >= 4 is 0 Å². The van der Waals surface area contributed by atoms with Gasteiger partial charge >= 0.3 is 0 Å². The molecule has 1 aromatic carbocycles. The van der Waals surface area contributed by atoms with Crippen LogP contribution >= 0.6 is 0 Å². The normalized spacial score (nSPS) is 23.0. The van der Waals surface area contributed by atoms with Crippen LogP contribution in [0.25, 0.3) is 0 Å². The third-order valence-corrected chi connectivity index (χ3v) is 2.90. The van der Waals surface area contributed by atoms with Crippen LogP contribution in [0.3, 0.4) is 0 Å². The molecule has 1 aliphatic heterocycles. The van der Waals surface area contributed by atoms with Gasteiger partial charge in [0, 0.05) is 12.1 Å². The number of likely N-dealkylation sites (N-methyl/N-ethyl adjacent to an activating group) is 1. The molecule has 2 rings (SSSR count). The zero-order valence-corrected chi connectivity index (χ0v) is 9.39. The monoisotopic (exact) mass is 227 g/mol. The van der Waals surface area contributed by atoms with Crippen molar-refractivity contribution in [2.45, 2.75) is 31.9 Å². The van der Waals surface area contributed by atoms with Gasteiger partial charge in [0.2, 0.25) is 0 Å². The summed E-state index contributed by atoms with van der Waals surface area (Å²) in [6, 6.07) is 1.97. The van der Waals surface area contributed by atoms with E-state index < -0.39 is 11.6 Å². The van der Waals surface area contributed by atoms with Crippen molar-refractivity contribution in [3.05, 3.63) is 29.3 Å². The maximum atomic E-state index is 13.6. The second-order valence-corrected chi connectivity index (χ2v) is 4.01. The first-order chi connectivity index (χ1) is 7.67. The molecule has 88 valence electrons. The molecule has 4 heteroatoms. The number of rotatable bonds is 3. The lowest BCUT2D eigenvalue weighted by atomic mass is 10.0. The van der Waals surface area contributed by atoms with E-state index in [0.29, 0.717) is 11.3 Å². The third kappa shape index (κ3) is 1.78. The Morgan fingerprint density at radius 2 is 2.12 bits per heavy atom. The SMILES string of the molecule is CCCC1Oc2cc(F)cc(F)c2C1NC. The summed E-state index contributed by atoms with van der Waals surface area (Å²) in [6.07, 6.45) is 1.66. The largest absolute Gasteiger partial charge is 0.488 e. The lowest BCUT2D eigenvalue weighted by molar-refractivity contribution is 0.181. The first-order valence-corrected chi connectivity index (χ1v) is 5.50. The van der Waals surface area contributed by atoms with Crippen molar-refractivity contribution in [3.63, 3.8) is 0 Å². The highest BCUT2D eigenvalue weighted by Gasteiger charge is 2.35. The molecule has 2 atom stereocenters. The molecule has 16 heavy (non-hydrogen) atoms. The van der Waals surface area contributed by atoms with Gasteiger partial charge in [0.05, 0.1) is 11.6 Å². The van der Waals surface area contributed by atoms with Gasteiger partial charge < -0.3 is 10.1 Å². The predicted molar refractivity (Wildman–Crippen MR) is 57.5 cm³/mol. The van der Waals surface area contributed by atoms with E-state index in [9.17, 15) is 8.78 Å². The Bertz CT molecular complexity index is 395. The van der Waals surface area contributed by atoms with E-state index in [1.165, 1.54) is 6.07 Å².